The first-order chi connectivity index (χ1) is 7.20. The van der Waals surface area contributed by atoms with Gasteiger partial charge < -0.3 is 5.11 Å². The van der Waals surface area contributed by atoms with Gasteiger partial charge in [0.1, 0.15) is 6.67 Å². The molecule has 0 aromatic carbocycles. The van der Waals surface area contributed by atoms with Gasteiger partial charge in [-0.05, 0) is 19.1 Å². The second kappa shape index (κ2) is 5.17. The zero-order chi connectivity index (χ0) is 10.8. The van der Waals surface area contributed by atoms with E-state index < -0.39 is 6.67 Å². The van der Waals surface area contributed by atoms with Crippen molar-refractivity contribution < 1.29 is 29.0 Å². The number of nitrogens with zero attached hydrogens (tertiary/aromatic N) is 3. The van der Waals surface area contributed by atoms with Gasteiger partial charge in [0.25, 0.3) is 0 Å². The minimum atomic E-state index is -0.630. The molecule has 0 bridgehead atoms. The molecule has 0 fully saturated rings. The Hall–Kier alpha value is -1.29. The molecular formula is C10H10FN3ORh. The molecule has 2 heterocycles. The molecule has 2 aromatic rings. The van der Waals surface area contributed by atoms with Crippen molar-refractivity contribution in [2.75, 3.05) is 0 Å². The van der Waals surface area contributed by atoms with Crippen LogP contribution in [0.5, 0.6) is 5.88 Å². The third kappa shape index (κ3) is 2.44. The van der Waals surface area contributed by atoms with Crippen LogP contribution in [0.15, 0.2) is 24.3 Å². The van der Waals surface area contributed by atoms with E-state index in [1.807, 2.05) is 0 Å². The van der Waals surface area contributed by atoms with Crippen LogP contribution in [0.4, 0.5) is 4.39 Å². The van der Waals surface area contributed by atoms with Gasteiger partial charge in [0.05, 0.1) is 11.4 Å². The van der Waals surface area contributed by atoms with Gasteiger partial charge in [-0.15, -0.1) is 0 Å². The Kier molecular flexibility index (Phi) is 4.13. The van der Waals surface area contributed by atoms with Crippen molar-refractivity contribution in [2.24, 2.45) is 0 Å². The maximum atomic E-state index is 12.4. The van der Waals surface area contributed by atoms with E-state index in [0.29, 0.717) is 17.2 Å². The number of aryl methyl sites for hydroxylation is 1. The van der Waals surface area contributed by atoms with Crippen LogP contribution in [0.1, 0.15) is 11.4 Å². The molecule has 87 valence electrons. The Labute approximate surface area is 105 Å². The van der Waals surface area contributed by atoms with Crippen LogP contribution >= 0.6 is 0 Å². The summed E-state index contributed by atoms with van der Waals surface area (Å²) in [6, 6.07) is 6.43. The molecule has 0 aliphatic carbocycles. The number of hydrogen-bond acceptors (Lipinski definition) is 3. The normalized spacial score (nSPS) is 9.88. The van der Waals surface area contributed by atoms with E-state index >= 15 is 0 Å². The van der Waals surface area contributed by atoms with Crippen LogP contribution in [0, 0.1) is 6.92 Å². The molecule has 1 N–H and O–H groups in total. The molecule has 6 heteroatoms. The quantitative estimate of drug-likeness (QED) is 0.860. The summed E-state index contributed by atoms with van der Waals surface area (Å²) in [6.45, 7) is 1.13. The van der Waals surface area contributed by atoms with Gasteiger partial charge in [-0.1, -0.05) is 6.07 Å². The molecule has 0 atom stereocenters. The molecule has 0 saturated carbocycles. The van der Waals surface area contributed by atoms with Crippen molar-refractivity contribution in [3.8, 4) is 11.7 Å². The molecule has 1 radical (unpaired) electrons. The number of halogens is 1. The topological polar surface area (TPSA) is 50.9 Å². The van der Waals surface area contributed by atoms with E-state index in [1.165, 1.54) is 10.7 Å². The zero-order valence-electron chi connectivity index (χ0n) is 8.52. The smallest absolute Gasteiger partial charge is 0.215 e. The van der Waals surface area contributed by atoms with Crippen molar-refractivity contribution in [1.82, 2.24) is 14.8 Å². The fraction of sp³-hybridized carbons (Fsp3) is 0.200. The summed E-state index contributed by atoms with van der Waals surface area (Å²) in [5, 5.41) is 13.6. The Balaban J connectivity index is 0.00000128. The van der Waals surface area contributed by atoms with Crippen molar-refractivity contribution in [3.63, 3.8) is 0 Å². The van der Waals surface area contributed by atoms with Gasteiger partial charge in [0.15, 0.2) is 5.82 Å². The summed E-state index contributed by atoms with van der Waals surface area (Å²) in [5.74, 6) is 0.409. The van der Waals surface area contributed by atoms with Gasteiger partial charge in [0.2, 0.25) is 5.88 Å². The molecule has 0 aliphatic rings. The van der Waals surface area contributed by atoms with Gasteiger partial charge in [-0.25, -0.2) is 9.37 Å². The monoisotopic (exact) mass is 310 g/mol. The summed E-state index contributed by atoms with van der Waals surface area (Å²) in [7, 11) is 0. The first kappa shape index (κ1) is 12.8. The average Bonchev–Trinajstić information content (AvgIpc) is 2.58. The Morgan fingerprint density at radius 3 is 2.75 bits per heavy atom. The number of rotatable bonds is 2. The summed E-state index contributed by atoms with van der Waals surface area (Å²) in [4.78, 5) is 4.00. The first-order valence-electron chi connectivity index (χ1n) is 4.48. The maximum Gasteiger partial charge on any atom is 0.215 e. The molecule has 2 rings (SSSR count). The molecule has 0 aliphatic heterocycles. The van der Waals surface area contributed by atoms with Crippen molar-refractivity contribution in [3.05, 3.63) is 35.7 Å². The summed E-state index contributed by atoms with van der Waals surface area (Å²) >= 11 is 0. The molecule has 2 aromatic heterocycles. The summed E-state index contributed by atoms with van der Waals surface area (Å²) in [6.07, 6.45) is 0. The average molecular weight is 310 g/mol. The molecule has 4 nitrogen and oxygen atoms in total. The SMILES string of the molecule is Cc1cc(O)n(-c2cccc(CF)n2)n1.[Rh]. The standard InChI is InChI=1S/C10H10FN3O.Rh/c1-7-5-10(15)14(13-7)9-4-2-3-8(6-11)12-9;/h2-5,15H,6H2,1H3;. The number of aromatic nitrogens is 3. The molecule has 0 saturated heterocycles. The Bertz CT molecular complexity index is 487. The minimum absolute atomic E-state index is 0. The number of alkyl halides is 1. The molecular weight excluding hydrogens is 300 g/mol. The van der Waals surface area contributed by atoms with Crippen LogP contribution in [-0.2, 0) is 26.2 Å². The second-order valence-corrected chi connectivity index (χ2v) is 3.18. The fourth-order valence-corrected chi connectivity index (χ4v) is 1.31. The predicted octanol–water partition coefficient (Wildman–Crippen LogP) is 1.75. The molecule has 0 amide bonds. The van der Waals surface area contributed by atoms with E-state index in [2.05, 4.69) is 10.1 Å². The molecule has 0 unspecified atom stereocenters. The van der Waals surface area contributed by atoms with E-state index in [1.54, 1.807) is 25.1 Å². The number of aromatic hydroxyl groups is 1. The van der Waals surface area contributed by atoms with Crippen LogP contribution in [0.2, 0.25) is 0 Å². The van der Waals surface area contributed by atoms with Gasteiger partial charge in [-0.3, -0.25) is 0 Å². The number of hydrogen-bond donors (Lipinski definition) is 1. The molecule has 0 spiro atoms. The van der Waals surface area contributed by atoms with E-state index in [0.717, 1.165) is 0 Å². The van der Waals surface area contributed by atoms with Crippen LogP contribution < -0.4 is 0 Å². The summed E-state index contributed by atoms with van der Waals surface area (Å²) < 4.78 is 13.6. The Morgan fingerprint density at radius 2 is 2.19 bits per heavy atom. The maximum absolute atomic E-state index is 12.4. The third-order valence-electron chi connectivity index (χ3n) is 1.96. The van der Waals surface area contributed by atoms with Crippen LogP contribution in [-0.4, -0.2) is 19.9 Å². The Morgan fingerprint density at radius 1 is 1.44 bits per heavy atom. The van der Waals surface area contributed by atoms with E-state index in [9.17, 15) is 9.50 Å². The fourth-order valence-electron chi connectivity index (χ4n) is 1.31. The minimum Gasteiger partial charge on any atom is -0.493 e. The molecule has 16 heavy (non-hydrogen) atoms. The first-order valence-corrected chi connectivity index (χ1v) is 4.48. The van der Waals surface area contributed by atoms with Gasteiger partial charge in [0, 0.05) is 25.5 Å². The van der Waals surface area contributed by atoms with Crippen molar-refractivity contribution >= 4 is 0 Å². The summed E-state index contributed by atoms with van der Waals surface area (Å²) in [5.41, 5.74) is 1.00. The van der Waals surface area contributed by atoms with Gasteiger partial charge >= 0.3 is 0 Å². The largest absolute Gasteiger partial charge is 0.493 e. The van der Waals surface area contributed by atoms with Crippen LogP contribution in [0.25, 0.3) is 5.82 Å². The predicted molar refractivity (Wildman–Crippen MR) is 52.6 cm³/mol. The second-order valence-electron chi connectivity index (χ2n) is 3.18. The van der Waals surface area contributed by atoms with Gasteiger partial charge in [-0.2, -0.15) is 9.78 Å². The van der Waals surface area contributed by atoms with E-state index in [4.69, 9.17) is 0 Å². The van der Waals surface area contributed by atoms with Crippen LogP contribution in [0.3, 0.4) is 0 Å². The number of pyridine rings is 1. The third-order valence-corrected chi connectivity index (χ3v) is 1.96. The van der Waals surface area contributed by atoms with Crippen molar-refractivity contribution in [2.45, 2.75) is 13.6 Å². The van der Waals surface area contributed by atoms with Crippen molar-refractivity contribution in [1.29, 1.82) is 0 Å². The van der Waals surface area contributed by atoms with E-state index in [-0.39, 0.29) is 25.4 Å². The zero-order valence-corrected chi connectivity index (χ0v) is 10.2.